The lowest BCUT2D eigenvalue weighted by Crippen LogP contribution is -2.44. The van der Waals surface area contributed by atoms with Crippen molar-refractivity contribution in [1.29, 1.82) is 0 Å². The van der Waals surface area contributed by atoms with E-state index in [1.807, 2.05) is 0 Å². The van der Waals surface area contributed by atoms with Gasteiger partial charge in [-0.25, -0.2) is 0 Å². The molecule has 0 aromatic rings. The highest BCUT2D eigenvalue weighted by Crippen LogP contribution is 2.22. The maximum absolute atomic E-state index is 12.1. The molecule has 0 radical (unpaired) electrons. The number of aliphatic hydroxyl groups excluding tert-OH is 1. The Hall–Kier alpha value is -1.10. The monoisotopic (exact) mass is 256 g/mol. The molecule has 2 N–H and O–H groups in total. The molecule has 0 bridgehead atoms. The summed E-state index contributed by atoms with van der Waals surface area (Å²) in [5, 5.41) is 11.7. The van der Waals surface area contributed by atoms with Crippen LogP contribution in [-0.2, 0) is 9.59 Å². The van der Waals surface area contributed by atoms with E-state index in [1.165, 1.54) is 13.3 Å². The Morgan fingerprint density at radius 3 is 2.50 bits per heavy atom. The van der Waals surface area contributed by atoms with Gasteiger partial charge in [-0.1, -0.05) is 19.3 Å². The topological polar surface area (TPSA) is 69.6 Å². The molecule has 1 saturated carbocycles. The lowest BCUT2D eigenvalue weighted by atomic mass is 9.94. The minimum atomic E-state index is -0.117. The van der Waals surface area contributed by atoms with Crippen molar-refractivity contribution in [1.82, 2.24) is 10.2 Å². The van der Waals surface area contributed by atoms with Crippen molar-refractivity contribution in [3.63, 3.8) is 0 Å². The standard InChI is InChI=1S/C13H24N2O3/c1-11(17)14-8-7-13(18)15(9-10-16)12-5-3-2-4-6-12/h12,16H,2-10H2,1H3,(H,14,17). The molecule has 104 valence electrons. The molecule has 0 aromatic heterocycles. The Bertz CT molecular complexity index is 275. The summed E-state index contributed by atoms with van der Waals surface area (Å²) in [6.45, 7) is 2.23. The van der Waals surface area contributed by atoms with Crippen LogP contribution in [0.15, 0.2) is 0 Å². The SMILES string of the molecule is CC(=O)NCCC(=O)N(CCO)C1CCCCC1. The molecule has 0 aliphatic heterocycles. The molecule has 5 heteroatoms. The van der Waals surface area contributed by atoms with Crippen LogP contribution in [0.4, 0.5) is 0 Å². The van der Waals surface area contributed by atoms with Crippen molar-refractivity contribution in [2.24, 2.45) is 0 Å². The quantitative estimate of drug-likeness (QED) is 0.733. The van der Waals surface area contributed by atoms with E-state index in [1.54, 1.807) is 4.90 Å². The Labute approximate surface area is 109 Å². The molecule has 1 aliphatic rings. The van der Waals surface area contributed by atoms with Gasteiger partial charge in [0, 0.05) is 32.5 Å². The second-order valence-corrected chi connectivity index (χ2v) is 4.84. The number of carbonyl (C=O) groups is 2. The van der Waals surface area contributed by atoms with E-state index in [0.29, 0.717) is 19.5 Å². The number of aliphatic hydroxyl groups is 1. The first-order chi connectivity index (χ1) is 8.65. The van der Waals surface area contributed by atoms with E-state index in [2.05, 4.69) is 5.32 Å². The summed E-state index contributed by atoms with van der Waals surface area (Å²) in [6, 6.07) is 0.274. The number of amides is 2. The Morgan fingerprint density at radius 2 is 1.94 bits per heavy atom. The van der Waals surface area contributed by atoms with Crippen LogP contribution in [0, 0.1) is 0 Å². The summed E-state index contributed by atoms with van der Waals surface area (Å²) in [5.74, 6) is -0.0844. The molecule has 0 atom stereocenters. The molecule has 1 aliphatic carbocycles. The summed E-state index contributed by atoms with van der Waals surface area (Å²) >= 11 is 0. The average Bonchev–Trinajstić information content (AvgIpc) is 2.36. The van der Waals surface area contributed by atoms with Crippen molar-refractivity contribution >= 4 is 11.8 Å². The van der Waals surface area contributed by atoms with Gasteiger partial charge < -0.3 is 15.3 Å². The molecule has 0 aromatic carbocycles. The molecule has 0 unspecified atom stereocenters. The number of rotatable bonds is 6. The van der Waals surface area contributed by atoms with Crippen LogP contribution in [0.2, 0.25) is 0 Å². The van der Waals surface area contributed by atoms with Crippen LogP contribution in [0.1, 0.15) is 45.4 Å². The van der Waals surface area contributed by atoms with Crippen LogP contribution in [0.5, 0.6) is 0 Å². The number of carbonyl (C=O) groups excluding carboxylic acids is 2. The second-order valence-electron chi connectivity index (χ2n) is 4.84. The van der Waals surface area contributed by atoms with E-state index in [4.69, 9.17) is 5.11 Å². The normalized spacial score (nSPS) is 16.3. The number of hydrogen-bond donors (Lipinski definition) is 2. The highest BCUT2D eigenvalue weighted by atomic mass is 16.3. The molecule has 1 rings (SSSR count). The van der Waals surface area contributed by atoms with Crippen molar-refractivity contribution in [2.75, 3.05) is 19.7 Å². The highest BCUT2D eigenvalue weighted by Gasteiger charge is 2.24. The van der Waals surface area contributed by atoms with Crippen LogP contribution >= 0.6 is 0 Å². The van der Waals surface area contributed by atoms with Gasteiger partial charge in [0.2, 0.25) is 11.8 Å². The fourth-order valence-electron chi connectivity index (χ4n) is 2.50. The predicted molar refractivity (Wildman–Crippen MR) is 69.0 cm³/mol. The molecule has 0 saturated heterocycles. The fraction of sp³-hybridized carbons (Fsp3) is 0.846. The van der Waals surface area contributed by atoms with E-state index < -0.39 is 0 Å². The maximum atomic E-state index is 12.1. The van der Waals surface area contributed by atoms with Gasteiger partial charge in [-0.3, -0.25) is 9.59 Å². The lowest BCUT2D eigenvalue weighted by Gasteiger charge is -2.34. The van der Waals surface area contributed by atoms with Crippen molar-refractivity contribution < 1.29 is 14.7 Å². The number of nitrogens with one attached hydrogen (secondary N) is 1. The second kappa shape index (κ2) is 8.08. The third-order valence-corrected chi connectivity index (χ3v) is 3.39. The van der Waals surface area contributed by atoms with Crippen molar-refractivity contribution in [3.8, 4) is 0 Å². The zero-order valence-corrected chi connectivity index (χ0v) is 11.2. The lowest BCUT2D eigenvalue weighted by molar-refractivity contribution is -0.134. The first-order valence-corrected chi connectivity index (χ1v) is 6.80. The molecular formula is C13H24N2O3. The van der Waals surface area contributed by atoms with Gasteiger partial charge in [-0.15, -0.1) is 0 Å². The van der Waals surface area contributed by atoms with E-state index in [9.17, 15) is 9.59 Å². The summed E-state index contributed by atoms with van der Waals surface area (Å²) in [7, 11) is 0. The highest BCUT2D eigenvalue weighted by molar-refractivity contribution is 5.78. The van der Waals surface area contributed by atoms with Gasteiger partial charge in [0.25, 0.3) is 0 Å². The molecule has 1 fully saturated rings. The predicted octanol–water partition coefficient (Wildman–Crippen LogP) is 0.666. The molecule has 18 heavy (non-hydrogen) atoms. The number of nitrogens with zero attached hydrogens (tertiary/aromatic N) is 1. The van der Waals surface area contributed by atoms with Gasteiger partial charge in [-0.2, -0.15) is 0 Å². The van der Waals surface area contributed by atoms with Crippen LogP contribution < -0.4 is 5.32 Å². The fourth-order valence-corrected chi connectivity index (χ4v) is 2.50. The average molecular weight is 256 g/mol. The molecule has 2 amide bonds. The van der Waals surface area contributed by atoms with Gasteiger partial charge in [0.1, 0.15) is 0 Å². The third-order valence-electron chi connectivity index (χ3n) is 3.39. The Kier molecular flexibility index (Phi) is 6.72. The minimum absolute atomic E-state index is 0.00236. The maximum Gasteiger partial charge on any atom is 0.224 e. The first-order valence-electron chi connectivity index (χ1n) is 6.80. The van der Waals surface area contributed by atoms with Crippen molar-refractivity contribution in [3.05, 3.63) is 0 Å². The van der Waals surface area contributed by atoms with Gasteiger partial charge in [0.15, 0.2) is 0 Å². The molecule has 5 nitrogen and oxygen atoms in total. The summed E-state index contributed by atoms with van der Waals surface area (Å²) in [4.78, 5) is 24.6. The zero-order valence-electron chi connectivity index (χ0n) is 11.2. The van der Waals surface area contributed by atoms with E-state index in [-0.39, 0.29) is 24.5 Å². The first kappa shape index (κ1) is 15.0. The Morgan fingerprint density at radius 1 is 1.28 bits per heavy atom. The summed E-state index contributed by atoms with van der Waals surface area (Å²) in [5.41, 5.74) is 0. The number of hydrogen-bond acceptors (Lipinski definition) is 3. The van der Waals surface area contributed by atoms with Crippen LogP contribution in [0.3, 0.4) is 0 Å². The van der Waals surface area contributed by atoms with Crippen LogP contribution in [-0.4, -0.2) is 47.6 Å². The molecule has 0 spiro atoms. The largest absolute Gasteiger partial charge is 0.395 e. The molecular weight excluding hydrogens is 232 g/mol. The van der Waals surface area contributed by atoms with Crippen molar-refractivity contribution in [2.45, 2.75) is 51.5 Å². The molecule has 0 heterocycles. The zero-order chi connectivity index (χ0) is 13.4. The van der Waals surface area contributed by atoms with Crippen LogP contribution in [0.25, 0.3) is 0 Å². The third kappa shape index (κ3) is 5.04. The summed E-state index contributed by atoms with van der Waals surface area (Å²) < 4.78 is 0. The summed E-state index contributed by atoms with van der Waals surface area (Å²) in [6.07, 6.45) is 5.94. The van der Waals surface area contributed by atoms with E-state index in [0.717, 1.165) is 25.7 Å². The van der Waals surface area contributed by atoms with E-state index >= 15 is 0 Å². The Balaban J connectivity index is 2.43. The van der Waals surface area contributed by atoms with Gasteiger partial charge in [0.05, 0.1) is 6.61 Å². The van der Waals surface area contributed by atoms with Gasteiger partial charge in [-0.05, 0) is 12.8 Å². The van der Waals surface area contributed by atoms with Gasteiger partial charge >= 0.3 is 0 Å². The smallest absolute Gasteiger partial charge is 0.224 e. The minimum Gasteiger partial charge on any atom is -0.395 e.